The minimum Gasteiger partial charge on any atom is -0.388 e. The first kappa shape index (κ1) is 11.6. The predicted octanol–water partition coefficient (Wildman–Crippen LogP) is 3.39. The maximum absolute atomic E-state index is 10.4. The smallest absolute Gasteiger partial charge is 0.0821 e. The molecule has 2 rings (SSSR count). The van der Waals surface area contributed by atoms with Gasteiger partial charge in [0.15, 0.2) is 0 Å². The average Bonchev–Trinajstić information content (AvgIpc) is 2.57. The fraction of sp³-hybridized carbons (Fsp3) is 0.643. The Balaban J connectivity index is 2.11. The Morgan fingerprint density at radius 3 is 2.56 bits per heavy atom. The summed E-state index contributed by atoms with van der Waals surface area (Å²) in [6, 6.07) is 1.96. The van der Waals surface area contributed by atoms with E-state index in [9.17, 15) is 5.11 Å². The summed E-state index contributed by atoms with van der Waals surface area (Å²) in [6.45, 7) is 2.03. The molecule has 1 saturated carbocycles. The fourth-order valence-electron chi connectivity index (χ4n) is 2.70. The number of hydrogen-bond acceptors (Lipinski definition) is 2. The van der Waals surface area contributed by atoms with Crippen molar-refractivity contribution in [2.45, 2.75) is 51.6 Å². The predicted molar refractivity (Wildman–Crippen MR) is 65.1 cm³/mol. The molecule has 1 aliphatic carbocycles. The number of aryl methyl sites for hydroxylation is 1. The first-order valence-corrected chi connectivity index (χ1v) is 6.37. The van der Waals surface area contributed by atoms with Gasteiger partial charge in [0.2, 0.25) is 0 Å². The lowest BCUT2D eigenvalue weighted by atomic mass is 9.88. The quantitative estimate of drug-likeness (QED) is 0.773. The number of aromatic nitrogens is 1. The zero-order chi connectivity index (χ0) is 11.4. The van der Waals surface area contributed by atoms with Gasteiger partial charge < -0.3 is 5.11 Å². The molecule has 1 N–H and O–H groups in total. The molecule has 1 aliphatic rings. The Morgan fingerprint density at radius 2 is 1.94 bits per heavy atom. The van der Waals surface area contributed by atoms with Crippen LogP contribution < -0.4 is 0 Å². The maximum atomic E-state index is 10.4. The summed E-state index contributed by atoms with van der Waals surface area (Å²) in [7, 11) is 0. The van der Waals surface area contributed by atoms with Crippen LogP contribution in [0.15, 0.2) is 18.5 Å². The molecule has 0 aliphatic heterocycles. The van der Waals surface area contributed by atoms with E-state index in [0.717, 1.165) is 11.1 Å². The van der Waals surface area contributed by atoms with Crippen LogP contribution >= 0.6 is 0 Å². The summed E-state index contributed by atoms with van der Waals surface area (Å²) in [4.78, 5) is 4.08. The van der Waals surface area contributed by atoms with Crippen molar-refractivity contribution in [1.82, 2.24) is 4.98 Å². The topological polar surface area (TPSA) is 33.1 Å². The van der Waals surface area contributed by atoms with Gasteiger partial charge in [0, 0.05) is 12.4 Å². The number of rotatable bonds is 2. The van der Waals surface area contributed by atoms with Crippen LogP contribution in [0, 0.1) is 12.8 Å². The lowest BCUT2D eigenvalue weighted by molar-refractivity contribution is 0.0981. The molecule has 1 unspecified atom stereocenters. The lowest BCUT2D eigenvalue weighted by Crippen LogP contribution is -2.13. The molecule has 0 amide bonds. The van der Waals surface area contributed by atoms with E-state index in [-0.39, 0.29) is 6.10 Å². The molecular weight excluding hydrogens is 198 g/mol. The number of nitrogens with zero attached hydrogens (tertiary/aromatic N) is 1. The first-order valence-electron chi connectivity index (χ1n) is 6.37. The van der Waals surface area contributed by atoms with Crippen LogP contribution in [0.25, 0.3) is 0 Å². The van der Waals surface area contributed by atoms with Crippen LogP contribution in [-0.4, -0.2) is 10.1 Å². The monoisotopic (exact) mass is 219 g/mol. The molecule has 88 valence electrons. The minimum atomic E-state index is -0.291. The number of hydrogen-bond donors (Lipinski definition) is 1. The summed E-state index contributed by atoms with van der Waals surface area (Å²) in [6.07, 6.45) is 10.9. The summed E-state index contributed by atoms with van der Waals surface area (Å²) >= 11 is 0. The summed E-state index contributed by atoms with van der Waals surface area (Å²) in [5.41, 5.74) is 2.18. The molecule has 0 radical (unpaired) electrons. The largest absolute Gasteiger partial charge is 0.388 e. The second-order valence-corrected chi connectivity index (χ2v) is 4.93. The van der Waals surface area contributed by atoms with Crippen LogP contribution in [0.2, 0.25) is 0 Å². The molecule has 2 heteroatoms. The molecule has 0 spiro atoms. The molecule has 1 heterocycles. The Morgan fingerprint density at radius 1 is 1.25 bits per heavy atom. The van der Waals surface area contributed by atoms with Gasteiger partial charge in [-0.3, -0.25) is 4.98 Å². The van der Waals surface area contributed by atoms with E-state index in [2.05, 4.69) is 4.98 Å². The van der Waals surface area contributed by atoms with Gasteiger partial charge in [0.05, 0.1) is 6.10 Å². The minimum absolute atomic E-state index is 0.291. The molecule has 1 aromatic heterocycles. The van der Waals surface area contributed by atoms with Gasteiger partial charge in [-0.15, -0.1) is 0 Å². The third-order valence-corrected chi connectivity index (χ3v) is 3.73. The van der Waals surface area contributed by atoms with E-state index < -0.39 is 0 Å². The molecule has 0 bridgehead atoms. The Hall–Kier alpha value is -0.890. The van der Waals surface area contributed by atoms with Crippen LogP contribution in [0.1, 0.15) is 55.8 Å². The Bertz CT molecular complexity index is 329. The van der Waals surface area contributed by atoms with Gasteiger partial charge in [-0.2, -0.15) is 0 Å². The van der Waals surface area contributed by atoms with Crippen molar-refractivity contribution in [2.24, 2.45) is 5.92 Å². The summed E-state index contributed by atoms with van der Waals surface area (Å²) in [5, 5.41) is 10.4. The van der Waals surface area contributed by atoms with Crippen molar-refractivity contribution in [3.8, 4) is 0 Å². The van der Waals surface area contributed by atoms with Crippen molar-refractivity contribution in [3.05, 3.63) is 29.6 Å². The second-order valence-electron chi connectivity index (χ2n) is 4.93. The normalized spacial score (nSPS) is 20.4. The molecule has 1 aromatic rings. The van der Waals surface area contributed by atoms with Crippen LogP contribution in [0.5, 0.6) is 0 Å². The fourth-order valence-corrected chi connectivity index (χ4v) is 2.70. The highest BCUT2D eigenvalue weighted by Gasteiger charge is 2.23. The zero-order valence-electron chi connectivity index (χ0n) is 10.0. The van der Waals surface area contributed by atoms with E-state index in [4.69, 9.17) is 0 Å². The van der Waals surface area contributed by atoms with Gasteiger partial charge in [0.25, 0.3) is 0 Å². The van der Waals surface area contributed by atoms with Crippen molar-refractivity contribution in [2.75, 3.05) is 0 Å². The first-order chi connectivity index (χ1) is 7.79. The highest BCUT2D eigenvalue weighted by atomic mass is 16.3. The van der Waals surface area contributed by atoms with Crippen LogP contribution in [0.3, 0.4) is 0 Å². The van der Waals surface area contributed by atoms with Crippen molar-refractivity contribution in [3.63, 3.8) is 0 Å². The van der Waals surface area contributed by atoms with Crippen molar-refractivity contribution < 1.29 is 5.11 Å². The lowest BCUT2D eigenvalue weighted by Gasteiger charge is -2.22. The van der Waals surface area contributed by atoms with Gasteiger partial charge in [-0.05, 0) is 42.9 Å². The number of aliphatic hydroxyl groups excluding tert-OH is 1. The van der Waals surface area contributed by atoms with Crippen LogP contribution in [0.4, 0.5) is 0 Å². The number of pyridine rings is 1. The molecule has 0 aromatic carbocycles. The van der Waals surface area contributed by atoms with E-state index in [0.29, 0.717) is 5.92 Å². The van der Waals surface area contributed by atoms with E-state index in [1.807, 2.05) is 19.2 Å². The molecule has 1 atom stereocenters. The molecule has 1 fully saturated rings. The average molecular weight is 219 g/mol. The van der Waals surface area contributed by atoms with Crippen LogP contribution in [-0.2, 0) is 0 Å². The zero-order valence-corrected chi connectivity index (χ0v) is 10.0. The molecule has 16 heavy (non-hydrogen) atoms. The Labute approximate surface area is 97.7 Å². The standard InChI is InChI=1S/C14H21NO/c1-11-10-15-9-8-13(11)14(16)12-6-4-2-3-5-7-12/h8-10,12,14,16H,2-7H2,1H3. The van der Waals surface area contributed by atoms with Crippen molar-refractivity contribution in [1.29, 1.82) is 0 Å². The third-order valence-electron chi connectivity index (χ3n) is 3.73. The van der Waals surface area contributed by atoms with Gasteiger partial charge in [0.1, 0.15) is 0 Å². The molecule has 2 nitrogen and oxygen atoms in total. The van der Waals surface area contributed by atoms with Crippen molar-refractivity contribution >= 4 is 0 Å². The second kappa shape index (κ2) is 5.44. The molecular formula is C14H21NO. The van der Waals surface area contributed by atoms with Gasteiger partial charge in [-0.25, -0.2) is 0 Å². The van der Waals surface area contributed by atoms with E-state index >= 15 is 0 Å². The summed E-state index contributed by atoms with van der Waals surface area (Å²) in [5.74, 6) is 0.448. The highest BCUT2D eigenvalue weighted by molar-refractivity contribution is 5.24. The Kier molecular flexibility index (Phi) is 3.94. The van der Waals surface area contributed by atoms with E-state index in [1.165, 1.54) is 38.5 Å². The third kappa shape index (κ3) is 2.62. The number of aliphatic hydroxyl groups is 1. The van der Waals surface area contributed by atoms with Gasteiger partial charge >= 0.3 is 0 Å². The SMILES string of the molecule is Cc1cnccc1C(O)C1CCCCCC1. The molecule has 0 saturated heterocycles. The highest BCUT2D eigenvalue weighted by Crippen LogP contribution is 2.34. The van der Waals surface area contributed by atoms with Gasteiger partial charge in [-0.1, -0.05) is 25.7 Å². The van der Waals surface area contributed by atoms with E-state index in [1.54, 1.807) is 6.20 Å². The summed E-state index contributed by atoms with van der Waals surface area (Å²) < 4.78 is 0. The maximum Gasteiger partial charge on any atom is 0.0821 e.